The Morgan fingerprint density at radius 1 is 1.32 bits per heavy atom. The van der Waals surface area contributed by atoms with E-state index in [0.717, 1.165) is 24.4 Å². The van der Waals surface area contributed by atoms with Crippen LogP contribution in [0.15, 0.2) is 18.7 Å². The predicted octanol–water partition coefficient (Wildman–Crippen LogP) is 1.56. The van der Waals surface area contributed by atoms with Gasteiger partial charge in [0.2, 0.25) is 5.91 Å². The van der Waals surface area contributed by atoms with Crippen molar-refractivity contribution < 1.29 is 4.79 Å². The second kappa shape index (κ2) is 6.15. The van der Waals surface area contributed by atoms with Crippen molar-refractivity contribution in [1.82, 2.24) is 29.3 Å². The molecule has 0 saturated heterocycles. The number of anilines is 2. The van der Waals surface area contributed by atoms with Gasteiger partial charge in [-0.2, -0.15) is 5.10 Å². The van der Waals surface area contributed by atoms with Crippen LogP contribution in [0.4, 0.5) is 11.6 Å². The first kappa shape index (κ1) is 15.6. The summed E-state index contributed by atoms with van der Waals surface area (Å²) in [6.45, 7) is 4.71. The van der Waals surface area contributed by atoms with Crippen molar-refractivity contribution in [3.8, 4) is 0 Å². The molecule has 0 radical (unpaired) electrons. The first-order chi connectivity index (χ1) is 12.1. The van der Waals surface area contributed by atoms with Crippen LogP contribution < -0.4 is 10.6 Å². The molecule has 1 fully saturated rings. The molecule has 3 aromatic rings. The van der Waals surface area contributed by atoms with Crippen LogP contribution >= 0.6 is 0 Å². The number of carbonyl (C=O) groups is 1. The number of carbonyl (C=O) groups excluding carboxylic acids is 1. The Labute approximate surface area is 144 Å². The third kappa shape index (κ3) is 3.17. The summed E-state index contributed by atoms with van der Waals surface area (Å²) in [6.07, 6.45) is 5.43. The number of nitrogens with zero attached hydrogens (tertiary/aromatic N) is 6. The van der Waals surface area contributed by atoms with Gasteiger partial charge in [0.05, 0.1) is 12.0 Å². The van der Waals surface area contributed by atoms with Gasteiger partial charge in [-0.15, -0.1) is 0 Å². The van der Waals surface area contributed by atoms with Gasteiger partial charge >= 0.3 is 0 Å². The van der Waals surface area contributed by atoms with Crippen molar-refractivity contribution in [3.63, 3.8) is 0 Å². The van der Waals surface area contributed by atoms with Crippen LogP contribution in [-0.2, 0) is 17.9 Å². The summed E-state index contributed by atoms with van der Waals surface area (Å²) in [7, 11) is 0. The Morgan fingerprint density at radius 2 is 2.16 bits per heavy atom. The van der Waals surface area contributed by atoms with E-state index in [9.17, 15) is 4.79 Å². The smallest absolute Gasteiger partial charge is 0.245 e. The normalized spacial score (nSPS) is 14.0. The van der Waals surface area contributed by atoms with Crippen molar-refractivity contribution in [2.24, 2.45) is 0 Å². The number of hydrogen-bond acceptors (Lipinski definition) is 6. The Hall–Kier alpha value is -2.97. The molecule has 1 aliphatic carbocycles. The summed E-state index contributed by atoms with van der Waals surface area (Å²) in [5.41, 5.74) is 2.21. The Morgan fingerprint density at radius 3 is 2.92 bits per heavy atom. The van der Waals surface area contributed by atoms with Crippen molar-refractivity contribution in [2.45, 2.75) is 45.8 Å². The van der Waals surface area contributed by atoms with Gasteiger partial charge in [0.25, 0.3) is 0 Å². The lowest BCUT2D eigenvalue weighted by atomic mass is 10.4. The van der Waals surface area contributed by atoms with Crippen LogP contribution in [0, 0.1) is 6.92 Å². The Kier molecular flexibility index (Phi) is 3.83. The Balaban J connectivity index is 1.53. The highest BCUT2D eigenvalue weighted by molar-refractivity contribution is 5.91. The summed E-state index contributed by atoms with van der Waals surface area (Å²) in [5, 5.41) is 10.6. The lowest BCUT2D eigenvalue weighted by molar-refractivity contribution is -0.116. The number of aryl methyl sites for hydroxylation is 2. The average molecular weight is 340 g/mol. The largest absolute Gasteiger partial charge is 0.365 e. The minimum atomic E-state index is -0.149. The molecule has 0 atom stereocenters. The molecule has 130 valence electrons. The molecule has 1 aliphatic rings. The first-order valence-corrected chi connectivity index (χ1v) is 8.40. The fourth-order valence-electron chi connectivity index (χ4n) is 2.75. The average Bonchev–Trinajstić information content (AvgIpc) is 3.20. The van der Waals surface area contributed by atoms with Crippen LogP contribution in [-0.4, -0.2) is 41.2 Å². The van der Waals surface area contributed by atoms with Crippen molar-refractivity contribution in [3.05, 3.63) is 24.4 Å². The van der Waals surface area contributed by atoms with Gasteiger partial charge in [-0.3, -0.25) is 4.79 Å². The zero-order valence-electron chi connectivity index (χ0n) is 14.2. The third-order valence-corrected chi connectivity index (χ3v) is 4.10. The summed E-state index contributed by atoms with van der Waals surface area (Å²) in [4.78, 5) is 25.3. The third-order valence-electron chi connectivity index (χ3n) is 4.10. The summed E-state index contributed by atoms with van der Waals surface area (Å²) >= 11 is 0. The molecule has 3 aromatic heterocycles. The molecule has 9 heteroatoms. The number of nitrogens with one attached hydrogen (secondary N) is 2. The van der Waals surface area contributed by atoms with Gasteiger partial charge in [-0.25, -0.2) is 19.6 Å². The molecule has 9 nitrogen and oxygen atoms in total. The van der Waals surface area contributed by atoms with E-state index in [1.807, 2.05) is 19.9 Å². The quantitative estimate of drug-likeness (QED) is 0.706. The Bertz CT molecular complexity index is 924. The van der Waals surface area contributed by atoms with Crippen LogP contribution in [0.2, 0.25) is 0 Å². The van der Waals surface area contributed by atoms with Crippen LogP contribution in [0.25, 0.3) is 11.2 Å². The molecule has 0 bridgehead atoms. The van der Waals surface area contributed by atoms with Gasteiger partial charge < -0.3 is 15.2 Å². The maximum atomic E-state index is 12.4. The molecule has 0 aromatic carbocycles. The lowest BCUT2D eigenvalue weighted by Crippen LogP contribution is -2.20. The number of rotatable bonds is 6. The molecular formula is C16H20N8O. The van der Waals surface area contributed by atoms with E-state index < -0.39 is 0 Å². The topological polar surface area (TPSA) is 103 Å². The SMILES string of the molecule is CCn1nc(C)cc1NC(=O)Cn1cnc2c(NC3CC3)ncnc21. The molecule has 1 amide bonds. The molecule has 1 saturated carbocycles. The van der Waals surface area contributed by atoms with E-state index in [-0.39, 0.29) is 12.5 Å². The molecule has 0 unspecified atom stereocenters. The first-order valence-electron chi connectivity index (χ1n) is 8.40. The molecule has 25 heavy (non-hydrogen) atoms. The number of aromatic nitrogens is 6. The second-order valence-corrected chi connectivity index (χ2v) is 6.22. The molecule has 4 rings (SSSR count). The summed E-state index contributed by atoms with van der Waals surface area (Å²) in [5.74, 6) is 1.27. The van der Waals surface area contributed by atoms with Gasteiger partial charge in [0, 0.05) is 18.7 Å². The van der Waals surface area contributed by atoms with Crippen molar-refractivity contribution >= 4 is 28.7 Å². The second-order valence-electron chi connectivity index (χ2n) is 6.22. The fraction of sp³-hybridized carbons (Fsp3) is 0.438. The molecule has 3 heterocycles. The van der Waals surface area contributed by atoms with E-state index >= 15 is 0 Å². The predicted molar refractivity (Wildman–Crippen MR) is 93.2 cm³/mol. The maximum Gasteiger partial charge on any atom is 0.245 e. The van der Waals surface area contributed by atoms with E-state index in [0.29, 0.717) is 29.6 Å². The van der Waals surface area contributed by atoms with E-state index in [2.05, 4.69) is 30.7 Å². The van der Waals surface area contributed by atoms with E-state index in [1.54, 1.807) is 15.6 Å². The number of imidazole rings is 1. The highest BCUT2D eigenvalue weighted by atomic mass is 16.2. The zero-order valence-corrected chi connectivity index (χ0v) is 14.2. The van der Waals surface area contributed by atoms with Crippen LogP contribution in [0.1, 0.15) is 25.5 Å². The van der Waals surface area contributed by atoms with Crippen molar-refractivity contribution in [2.75, 3.05) is 10.6 Å². The van der Waals surface area contributed by atoms with E-state index in [4.69, 9.17) is 0 Å². The highest BCUT2D eigenvalue weighted by Gasteiger charge is 2.23. The number of amides is 1. The molecule has 2 N–H and O–H groups in total. The standard InChI is InChI=1S/C16H20N8O/c1-3-24-12(6-10(2)22-24)21-13(25)7-23-9-19-14-15(20-11-4-5-11)17-8-18-16(14)23/h6,8-9,11H,3-5,7H2,1-2H3,(H,21,25)(H,17,18,20). The molecular weight excluding hydrogens is 320 g/mol. The highest BCUT2D eigenvalue weighted by Crippen LogP contribution is 2.26. The minimum Gasteiger partial charge on any atom is -0.365 e. The van der Waals surface area contributed by atoms with Gasteiger partial charge in [-0.1, -0.05) is 0 Å². The van der Waals surface area contributed by atoms with Crippen LogP contribution in [0.3, 0.4) is 0 Å². The summed E-state index contributed by atoms with van der Waals surface area (Å²) < 4.78 is 3.49. The number of fused-ring (bicyclic) bond motifs is 1. The lowest BCUT2D eigenvalue weighted by Gasteiger charge is -2.08. The maximum absolute atomic E-state index is 12.4. The van der Waals surface area contributed by atoms with Gasteiger partial charge in [-0.05, 0) is 26.7 Å². The minimum absolute atomic E-state index is 0.129. The van der Waals surface area contributed by atoms with Crippen LogP contribution in [0.5, 0.6) is 0 Å². The fourth-order valence-corrected chi connectivity index (χ4v) is 2.75. The summed E-state index contributed by atoms with van der Waals surface area (Å²) in [6, 6.07) is 2.33. The van der Waals surface area contributed by atoms with Crippen molar-refractivity contribution in [1.29, 1.82) is 0 Å². The molecule has 0 spiro atoms. The number of hydrogen-bond donors (Lipinski definition) is 2. The van der Waals surface area contributed by atoms with Gasteiger partial charge in [0.1, 0.15) is 24.2 Å². The zero-order chi connectivity index (χ0) is 17.4. The monoisotopic (exact) mass is 340 g/mol. The van der Waals surface area contributed by atoms with E-state index in [1.165, 1.54) is 6.33 Å². The molecule has 0 aliphatic heterocycles. The van der Waals surface area contributed by atoms with Gasteiger partial charge in [0.15, 0.2) is 11.5 Å².